The zero-order valence-corrected chi connectivity index (χ0v) is 20.4. The molecule has 0 saturated carbocycles. The number of benzene rings is 1. The third kappa shape index (κ3) is 3.83. The number of carbonyl (C=O) groups is 2. The van der Waals surface area contributed by atoms with Crippen molar-refractivity contribution in [1.29, 1.82) is 0 Å². The van der Waals surface area contributed by atoms with E-state index in [2.05, 4.69) is 30.2 Å². The Bertz CT molecular complexity index is 990. The molecule has 1 aromatic carbocycles. The minimum atomic E-state index is -0.338. The van der Waals surface area contributed by atoms with Crippen molar-refractivity contribution >= 4 is 11.9 Å². The number of hydrogen-bond donors (Lipinski definition) is 0. The molecule has 5 rings (SSSR count). The van der Waals surface area contributed by atoms with Gasteiger partial charge in [-0.1, -0.05) is 24.6 Å². The van der Waals surface area contributed by atoms with Gasteiger partial charge in [0.2, 0.25) is 0 Å². The van der Waals surface area contributed by atoms with Gasteiger partial charge in [0.15, 0.2) is 11.5 Å². The highest BCUT2D eigenvalue weighted by molar-refractivity contribution is 5.72. The summed E-state index contributed by atoms with van der Waals surface area (Å²) in [6, 6.07) is 4.43. The predicted octanol–water partition coefficient (Wildman–Crippen LogP) is 3.57. The molecule has 1 fully saturated rings. The highest BCUT2D eigenvalue weighted by atomic mass is 16.6. The Morgan fingerprint density at radius 1 is 1.21 bits per heavy atom. The van der Waals surface area contributed by atoms with Gasteiger partial charge in [-0.25, -0.2) is 0 Å². The van der Waals surface area contributed by atoms with Gasteiger partial charge in [0.25, 0.3) is 0 Å². The summed E-state index contributed by atoms with van der Waals surface area (Å²) in [5.41, 5.74) is 2.38. The molecule has 0 aromatic heterocycles. The zero-order chi connectivity index (χ0) is 23.9. The molecule has 5 atom stereocenters. The van der Waals surface area contributed by atoms with Crippen LogP contribution in [0.3, 0.4) is 0 Å². The van der Waals surface area contributed by atoms with Crippen LogP contribution in [0.15, 0.2) is 24.3 Å². The number of carbonyl (C=O) groups excluding carboxylic acids is 2. The molecule has 2 bridgehead atoms. The minimum absolute atomic E-state index is 0.130. The summed E-state index contributed by atoms with van der Waals surface area (Å²) in [5.74, 6) is 1.13. The Morgan fingerprint density at radius 2 is 2.06 bits per heavy atom. The normalized spacial score (nSPS) is 30.4. The van der Waals surface area contributed by atoms with E-state index >= 15 is 0 Å². The van der Waals surface area contributed by atoms with E-state index in [1.807, 2.05) is 13.0 Å². The van der Waals surface area contributed by atoms with Crippen molar-refractivity contribution in [3.63, 3.8) is 0 Å². The van der Waals surface area contributed by atoms with Crippen LogP contribution in [0, 0.1) is 5.92 Å². The number of unbranched alkanes of at least 4 members (excludes halogenated alkanes) is 2. The van der Waals surface area contributed by atoms with Crippen LogP contribution in [-0.4, -0.2) is 61.9 Å². The van der Waals surface area contributed by atoms with Gasteiger partial charge in [0, 0.05) is 42.9 Å². The van der Waals surface area contributed by atoms with Crippen LogP contribution in [0.2, 0.25) is 0 Å². The fourth-order valence-electron chi connectivity index (χ4n) is 6.59. The Labute approximate surface area is 201 Å². The van der Waals surface area contributed by atoms with Crippen molar-refractivity contribution in [3.05, 3.63) is 35.4 Å². The molecule has 4 aliphatic rings. The van der Waals surface area contributed by atoms with Crippen LogP contribution >= 0.6 is 0 Å². The van der Waals surface area contributed by atoms with Crippen molar-refractivity contribution in [2.24, 2.45) is 5.92 Å². The second-order valence-corrected chi connectivity index (χ2v) is 9.96. The molecular weight excluding hydrogens is 434 g/mol. The average molecular weight is 470 g/mol. The van der Waals surface area contributed by atoms with Crippen molar-refractivity contribution < 1.29 is 28.5 Å². The first-order chi connectivity index (χ1) is 16.5. The Morgan fingerprint density at radius 3 is 2.85 bits per heavy atom. The van der Waals surface area contributed by atoms with Gasteiger partial charge >= 0.3 is 11.9 Å². The molecule has 34 heavy (non-hydrogen) atoms. The Balaban J connectivity index is 1.34. The second kappa shape index (κ2) is 9.34. The number of piperidine rings is 1. The van der Waals surface area contributed by atoms with Gasteiger partial charge in [-0.3, -0.25) is 9.59 Å². The number of likely N-dealkylation sites (N-methyl/N-ethyl adjacent to an activating group) is 1. The van der Waals surface area contributed by atoms with E-state index in [-0.39, 0.29) is 29.6 Å². The van der Waals surface area contributed by atoms with Gasteiger partial charge < -0.3 is 23.8 Å². The molecule has 7 nitrogen and oxygen atoms in total. The quantitative estimate of drug-likeness (QED) is 0.237. The highest BCUT2D eigenvalue weighted by Gasteiger charge is 2.64. The topological polar surface area (TPSA) is 74.3 Å². The number of ether oxygens (including phenoxy) is 4. The first-order valence-electron chi connectivity index (χ1n) is 12.6. The molecule has 1 spiro atoms. The van der Waals surface area contributed by atoms with Gasteiger partial charge in [0.1, 0.15) is 12.2 Å². The van der Waals surface area contributed by atoms with E-state index in [0.29, 0.717) is 37.3 Å². The maximum atomic E-state index is 11.8. The molecule has 1 saturated heterocycles. The second-order valence-electron chi connectivity index (χ2n) is 9.96. The third-order valence-electron chi connectivity index (χ3n) is 8.01. The molecule has 2 aliphatic carbocycles. The van der Waals surface area contributed by atoms with E-state index in [4.69, 9.17) is 18.9 Å². The van der Waals surface area contributed by atoms with Crippen LogP contribution in [-0.2, 0) is 30.9 Å². The van der Waals surface area contributed by atoms with E-state index in [1.165, 1.54) is 18.1 Å². The lowest BCUT2D eigenvalue weighted by molar-refractivity contribution is -0.143. The fourth-order valence-corrected chi connectivity index (χ4v) is 6.59. The lowest BCUT2D eigenvalue weighted by atomic mass is 9.53. The van der Waals surface area contributed by atoms with Gasteiger partial charge in [-0.05, 0) is 57.8 Å². The summed E-state index contributed by atoms with van der Waals surface area (Å²) in [7, 11) is 2.22. The Kier molecular flexibility index (Phi) is 6.42. The van der Waals surface area contributed by atoms with E-state index < -0.39 is 0 Å². The fraction of sp³-hybridized carbons (Fsp3) is 0.630. The largest absolute Gasteiger partial charge is 0.482 e. The van der Waals surface area contributed by atoms with Crippen LogP contribution in [0.25, 0.3) is 0 Å². The molecule has 184 valence electrons. The molecular formula is C27H35NO6. The van der Waals surface area contributed by atoms with Gasteiger partial charge in [0.05, 0.1) is 6.61 Å². The van der Waals surface area contributed by atoms with Crippen molar-refractivity contribution in [3.8, 4) is 11.5 Å². The summed E-state index contributed by atoms with van der Waals surface area (Å²) >= 11 is 0. The SMILES string of the molecule is CCOC(=O)CCCCCO[C@H]1C=C[C@H]2[C@H]3Cc4ccc(OC(C)=O)c5c4[C@@]2(CCN3C)[C@H]1O5. The van der Waals surface area contributed by atoms with E-state index in [0.717, 1.165) is 44.4 Å². The molecule has 0 N–H and O–H groups in total. The summed E-state index contributed by atoms with van der Waals surface area (Å²) in [6.07, 6.45) is 9.27. The van der Waals surface area contributed by atoms with Crippen LogP contribution in [0.5, 0.6) is 11.5 Å². The number of likely N-dealkylation sites (tertiary alicyclic amines) is 1. The van der Waals surface area contributed by atoms with Crippen LogP contribution in [0.1, 0.15) is 57.1 Å². The smallest absolute Gasteiger partial charge is 0.308 e. The summed E-state index contributed by atoms with van der Waals surface area (Å²) < 4.78 is 23.6. The molecule has 0 amide bonds. The van der Waals surface area contributed by atoms with Gasteiger partial charge in [-0.15, -0.1) is 0 Å². The standard InChI is InChI=1S/C27H35NO6/c1-4-31-23(30)8-6-5-7-15-32-22-12-10-19-20-16-18-9-11-21(33-17(2)29)25-24(18)27(19,26(22)34-25)13-14-28(20)3/h9-12,19-20,22,26H,4-8,13-16H2,1-3H3/t19-,20+,22-,26-,27-/m0/s1. The van der Waals surface area contributed by atoms with Crippen molar-refractivity contribution in [2.45, 2.75) is 76.0 Å². The molecule has 0 radical (unpaired) electrons. The lowest BCUT2D eigenvalue weighted by Crippen LogP contribution is -2.65. The lowest BCUT2D eigenvalue weighted by Gasteiger charge is -2.56. The number of esters is 2. The van der Waals surface area contributed by atoms with Crippen LogP contribution in [0.4, 0.5) is 0 Å². The maximum absolute atomic E-state index is 11.8. The summed E-state index contributed by atoms with van der Waals surface area (Å²) in [6.45, 7) is 5.30. The Hall–Kier alpha value is -2.38. The van der Waals surface area contributed by atoms with Crippen molar-refractivity contribution in [1.82, 2.24) is 4.90 Å². The van der Waals surface area contributed by atoms with E-state index in [1.54, 1.807) is 0 Å². The number of hydrogen-bond acceptors (Lipinski definition) is 7. The average Bonchev–Trinajstić information content (AvgIpc) is 3.15. The van der Waals surface area contributed by atoms with E-state index in [9.17, 15) is 9.59 Å². The predicted molar refractivity (Wildman–Crippen MR) is 126 cm³/mol. The minimum Gasteiger partial charge on any atom is -0.482 e. The number of rotatable bonds is 9. The first-order valence-corrected chi connectivity index (χ1v) is 12.6. The molecule has 2 heterocycles. The number of nitrogens with zero attached hydrogens (tertiary/aromatic N) is 1. The monoisotopic (exact) mass is 469 g/mol. The molecule has 0 unspecified atom stereocenters. The highest BCUT2D eigenvalue weighted by Crippen LogP contribution is 2.62. The van der Waals surface area contributed by atoms with Crippen LogP contribution < -0.4 is 9.47 Å². The third-order valence-corrected chi connectivity index (χ3v) is 8.01. The molecule has 1 aromatic rings. The van der Waals surface area contributed by atoms with Crippen molar-refractivity contribution in [2.75, 3.05) is 26.8 Å². The van der Waals surface area contributed by atoms with Gasteiger partial charge in [-0.2, -0.15) is 0 Å². The summed E-state index contributed by atoms with van der Waals surface area (Å²) in [5, 5.41) is 0. The molecule has 2 aliphatic heterocycles. The first kappa shape index (κ1) is 23.4. The maximum Gasteiger partial charge on any atom is 0.308 e. The zero-order valence-electron chi connectivity index (χ0n) is 20.4. The summed E-state index contributed by atoms with van der Waals surface area (Å²) in [4.78, 5) is 25.8. The molecule has 7 heteroatoms.